The Kier molecular flexibility index (Phi) is 6.63. The summed E-state index contributed by atoms with van der Waals surface area (Å²) in [5.74, 6) is 0.175. The normalized spacial score (nSPS) is 22.1. The standard InChI is InChI=1S/C28H31N3O4/c1-18-16-23(25(30(5)6)17-24(18)19(2)32)12-14-31-26(22-10-8-7-9-11-22)35-21(4)28(31,20(3)33)27-29-13-15-34-27/h7-17,21,26H,1-6H3. The number of nitrogens with zero attached hydrogens (tertiary/aromatic N) is 3. The predicted molar refractivity (Wildman–Crippen MR) is 135 cm³/mol. The number of carbonyl (C=O) groups excluding carboxylic acids is 2. The van der Waals surface area contributed by atoms with E-state index in [1.54, 1.807) is 13.1 Å². The molecule has 3 aromatic rings. The molecule has 0 bridgehead atoms. The van der Waals surface area contributed by atoms with Crippen LogP contribution in [-0.2, 0) is 15.1 Å². The first kappa shape index (κ1) is 24.4. The lowest BCUT2D eigenvalue weighted by Crippen LogP contribution is -2.50. The van der Waals surface area contributed by atoms with Crippen LogP contribution < -0.4 is 4.90 Å². The molecule has 0 radical (unpaired) electrons. The summed E-state index contributed by atoms with van der Waals surface area (Å²) in [6, 6.07) is 13.7. The van der Waals surface area contributed by atoms with Gasteiger partial charge in [-0.25, -0.2) is 4.98 Å². The first-order chi connectivity index (χ1) is 16.7. The average molecular weight is 474 g/mol. The van der Waals surface area contributed by atoms with Gasteiger partial charge in [0, 0.05) is 37.1 Å². The molecule has 7 nitrogen and oxygen atoms in total. The summed E-state index contributed by atoms with van der Waals surface area (Å²) in [4.78, 5) is 33.7. The summed E-state index contributed by atoms with van der Waals surface area (Å²) in [6.07, 6.45) is 5.78. The predicted octanol–water partition coefficient (Wildman–Crippen LogP) is 5.13. The molecule has 3 atom stereocenters. The van der Waals surface area contributed by atoms with E-state index in [1.165, 1.54) is 13.2 Å². The lowest BCUT2D eigenvalue weighted by Gasteiger charge is -2.35. The van der Waals surface area contributed by atoms with Gasteiger partial charge in [-0.1, -0.05) is 30.3 Å². The molecule has 1 saturated heterocycles. The van der Waals surface area contributed by atoms with Crippen molar-refractivity contribution in [1.29, 1.82) is 0 Å². The molecule has 0 spiro atoms. The van der Waals surface area contributed by atoms with E-state index >= 15 is 0 Å². The monoisotopic (exact) mass is 473 g/mol. The minimum atomic E-state index is -1.24. The van der Waals surface area contributed by atoms with Gasteiger partial charge in [0.1, 0.15) is 6.26 Å². The van der Waals surface area contributed by atoms with Gasteiger partial charge in [0.2, 0.25) is 11.4 Å². The molecule has 1 aromatic heterocycles. The number of carbonyl (C=O) groups is 2. The van der Waals surface area contributed by atoms with Gasteiger partial charge < -0.3 is 19.0 Å². The zero-order valence-electron chi connectivity index (χ0n) is 21.0. The van der Waals surface area contributed by atoms with E-state index in [0.717, 1.165) is 22.4 Å². The molecule has 0 N–H and O–H groups in total. The second-order valence-electron chi connectivity index (χ2n) is 9.10. The zero-order chi connectivity index (χ0) is 25.3. The first-order valence-electron chi connectivity index (χ1n) is 11.6. The largest absolute Gasteiger partial charge is 0.446 e. The first-order valence-corrected chi connectivity index (χ1v) is 11.6. The van der Waals surface area contributed by atoms with Crippen molar-refractivity contribution >= 4 is 23.3 Å². The van der Waals surface area contributed by atoms with Gasteiger partial charge in [0.15, 0.2) is 17.8 Å². The Morgan fingerprint density at radius 1 is 1.14 bits per heavy atom. The maximum absolute atomic E-state index is 13.3. The number of Topliss-reactive ketones (excluding diaryl/α,β-unsaturated/α-hetero) is 2. The number of oxazole rings is 1. The molecule has 2 aromatic carbocycles. The SMILES string of the molecule is CC(=O)c1cc(N(C)C)c(C=CN2C(c3ccccc3)OC(C)C2(C(C)=O)c2ncco2)cc1C. The second kappa shape index (κ2) is 9.50. The van der Waals surface area contributed by atoms with E-state index in [0.29, 0.717) is 5.56 Å². The number of anilines is 1. The quantitative estimate of drug-likeness (QED) is 0.441. The minimum Gasteiger partial charge on any atom is -0.446 e. The molecular formula is C28H31N3O4. The highest BCUT2D eigenvalue weighted by molar-refractivity contribution is 5.97. The molecule has 2 heterocycles. The highest BCUT2D eigenvalue weighted by Crippen LogP contribution is 2.48. The molecule has 3 unspecified atom stereocenters. The van der Waals surface area contributed by atoms with E-state index in [2.05, 4.69) is 4.98 Å². The fourth-order valence-electron chi connectivity index (χ4n) is 4.90. The molecule has 182 valence electrons. The summed E-state index contributed by atoms with van der Waals surface area (Å²) in [5.41, 5.74) is 3.05. The van der Waals surface area contributed by atoms with Crippen LogP contribution in [0.2, 0.25) is 0 Å². The third-order valence-electron chi connectivity index (χ3n) is 6.61. The molecular weight excluding hydrogens is 442 g/mol. The van der Waals surface area contributed by atoms with Crippen LogP contribution in [-0.4, -0.2) is 41.6 Å². The van der Waals surface area contributed by atoms with Gasteiger partial charge in [-0.2, -0.15) is 0 Å². The van der Waals surface area contributed by atoms with Gasteiger partial charge >= 0.3 is 0 Å². The van der Waals surface area contributed by atoms with Crippen LogP contribution in [0, 0.1) is 6.92 Å². The number of ether oxygens (including phenoxy) is 1. The molecule has 35 heavy (non-hydrogen) atoms. The van der Waals surface area contributed by atoms with Crippen LogP contribution in [0.3, 0.4) is 0 Å². The molecule has 1 aliphatic rings. The summed E-state index contributed by atoms with van der Waals surface area (Å²) < 4.78 is 12.1. The Labute approximate surface area is 206 Å². The number of hydrogen-bond donors (Lipinski definition) is 0. The summed E-state index contributed by atoms with van der Waals surface area (Å²) in [5, 5.41) is 0. The highest BCUT2D eigenvalue weighted by atomic mass is 16.5. The van der Waals surface area contributed by atoms with E-state index < -0.39 is 17.9 Å². The molecule has 0 saturated carbocycles. The van der Waals surface area contributed by atoms with Crippen molar-refractivity contribution in [2.45, 2.75) is 45.6 Å². The number of aromatic nitrogens is 1. The number of ketones is 2. The zero-order valence-corrected chi connectivity index (χ0v) is 21.0. The van der Waals surface area contributed by atoms with Gasteiger partial charge in [0.25, 0.3) is 0 Å². The van der Waals surface area contributed by atoms with Crippen molar-refractivity contribution in [3.63, 3.8) is 0 Å². The van der Waals surface area contributed by atoms with E-state index in [9.17, 15) is 9.59 Å². The highest BCUT2D eigenvalue weighted by Gasteiger charge is 2.59. The topological polar surface area (TPSA) is 75.9 Å². The molecule has 1 fully saturated rings. The minimum absolute atomic E-state index is 0.0199. The Hall–Kier alpha value is -3.71. The van der Waals surface area contributed by atoms with Crippen molar-refractivity contribution in [3.8, 4) is 0 Å². The fourth-order valence-corrected chi connectivity index (χ4v) is 4.90. The van der Waals surface area contributed by atoms with Crippen molar-refractivity contribution < 1.29 is 18.7 Å². The maximum Gasteiger partial charge on any atom is 0.230 e. The summed E-state index contributed by atoms with van der Waals surface area (Å²) in [6.45, 7) is 6.90. The van der Waals surface area contributed by atoms with Gasteiger partial charge in [-0.3, -0.25) is 9.59 Å². The Morgan fingerprint density at radius 3 is 2.43 bits per heavy atom. The van der Waals surface area contributed by atoms with Gasteiger partial charge in [0.05, 0.1) is 12.3 Å². The van der Waals surface area contributed by atoms with Crippen LogP contribution >= 0.6 is 0 Å². The van der Waals surface area contributed by atoms with Crippen LogP contribution in [0.25, 0.3) is 6.08 Å². The molecule has 4 rings (SSSR count). The van der Waals surface area contributed by atoms with Crippen molar-refractivity contribution in [2.24, 2.45) is 0 Å². The van der Waals surface area contributed by atoms with Crippen LogP contribution in [0.1, 0.15) is 59.9 Å². The number of hydrogen-bond acceptors (Lipinski definition) is 7. The lowest BCUT2D eigenvalue weighted by molar-refractivity contribution is -0.129. The second-order valence-corrected chi connectivity index (χ2v) is 9.10. The van der Waals surface area contributed by atoms with Crippen molar-refractivity contribution in [2.75, 3.05) is 19.0 Å². The molecule has 0 aliphatic carbocycles. The Balaban J connectivity index is 1.89. The number of aryl methyl sites for hydroxylation is 1. The van der Waals surface area contributed by atoms with E-state index in [-0.39, 0.29) is 17.5 Å². The average Bonchev–Trinajstić information content (AvgIpc) is 3.44. The van der Waals surface area contributed by atoms with Gasteiger partial charge in [-0.05, 0) is 57.0 Å². The third kappa shape index (κ3) is 4.17. The molecule has 1 aliphatic heterocycles. The molecule has 7 heteroatoms. The number of benzene rings is 2. The lowest BCUT2D eigenvalue weighted by atomic mass is 9.87. The van der Waals surface area contributed by atoms with Crippen molar-refractivity contribution in [3.05, 3.63) is 89.3 Å². The van der Waals surface area contributed by atoms with E-state index in [4.69, 9.17) is 9.15 Å². The van der Waals surface area contributed by atoms with Crippen LogP contribution in [0.4, 0.5) is 5.69 Å². The smallest absolute Gasteiger partial charge is 0.230 e. The van der Waals surface area contributed by atoms with E-state index in [1.807, 2.05) is 92.5 Å². The maximum atomic E-state index is 13.3. The fraction of sp³-hybridized carbons (Fsp3) is 0.321. The third-order valence-corrected chi connectivity index (χ3v) is 6.61. The Bertz CT molecular complexity index is 1250. The van der Waals surface area contributed by atoms with Gasteiger partial charge in [-0.15, -0.1) is 0 Å². The Morgan fingerprint density at radius 2 is 1.86 bits per heavy atom. The number of rotatable bonds is 7. The van der Waals surface area contributed by atoms with Crippen molar-refractivity contribution in [1.82, 2.24) is 9.88 Å². The molecule has 0 amide bonds. The summed E-state index contributed by atoms with van der Waals surface area (Å²) >= 11 is 0. The van der Waals surface area contributed by atoms with Crippen LogP contribution in [0.15, 0.2) is 65.5 Å². The van der Waals surface area contributed by atoms with Crippen LogP contribution in [0.5, 0.6) is 0 Å². The summed E-state index contributed by atoms with van der Waals surface area (Å²) in [7, 11) is 3.87.